The van der Waals surface area contributed by atoms with E-state index in [9.17, 15) is 14.4 Å². The number of amides is 2. The molecule has 0 bridgehead atoms. The number of imidazole rings is 1. The van der Waals surface area contributed by atoms with Crippen molar-refractivity contribution in [2.45, 2.75) is 45.3 Å². The molecule has 0 radical (unpaired) electrons. The second-order valence-corrected chi connectivity index (χ2v) is 11.5. The molecule has 0 aliphatic carbocycles. The van der Waals surface area contributed by atoms with Crippen molar-refractivity contribution < 1.29 is 23.8 Å². The number of methoxy groups -OCH3 is 1. The van der Waals surface area contributed by atoms with E-state index in [-0.39, 0.29) is 22.9 Å². The molecule has 2 amide bonds. The number of hydrogen-bond acceptors (Lipinski definition) is 9. The van der Waals surface area contributed by atoms with Gasteiger partial charge in [-0.2, -0.15) is 0 Å². The number of fused-ring (bicyclic) bond motifs is 1. The summed E-state index contributed by atoms with van der Waals surface area (Å²) in [4.78, 5) is 48.9. The summed E-state index contributed by atoms with van der Waals surface area (Å²) in [6.07, 6.45) is 4.04. The molecule has 1 fully saturated rings. The Bertz CT molecular complexity index is 1650. The Labute approximate surface area is 240 Å². The van der Waals surface area contributed by atoms with Crippen LogP contribution in [-0.4, -0.2) is 67.9 Å². The average Bonchev–Trinajstić information content (AvgIpc) is 3.51. The van der Waals surface area contributed by atoms with Crippen molar-refractivity contribution in [3.05, 3.63) is 57.5 Å². The van der Waals surface area contributed by atoms with Gasteiger partial charge in [-0.05, 0) is 45.7 Å². The van der Waals surface area contributed by atoms with Gasteiger partial charge >= 0.3 is 11.8 Å². The molecule has 216 valence electrons. The quantitative estimate of drug-likeness (QED) is 0.359. The number of carbonyl (C=O) groups excluding carboxylic acids is 2. The monoisotopic (exact) mass is 580 g/mol. The van der Waals surface area contributed by atoms with E-state index in [0.717, 1.165) is 24.2 Å². The number of benzene rings is 1. The highest BCUT2D eigenvalue weighted by Gasteiger charge is 2.29. The van der Waals surface area contributed by atoms with Crippen molar-refractivity contribution in [3.63, 3.8) is 0 Å². The van der Waals surface area contributed by atoms with E-state index < -0.39 is 11.5 Å². The van der Waals surface area contributed by atoms with Gasteiger partial charge in [0.25, 0.3) is 5.91 Å². The fourth-order valence-electron chi connectivity index (χ4n) is 4.64. The van der Waals surface area contributed by atoms with Crippen molar-refractivity contribution in [1.29, 1.82) is 0 Å². The Morgan fingerprint density at radius 2 is 1.98 bits per heavy atom. The molecule has 1 aliphatic rings. The van der Waals surface area contributed by atoms with Crippen LogP contribution in [0, 0.1) is 0 Å². The first-order valence-electron chi connectivity index (χ1n) is 13.2. The minimum absolute atomic E-state index is 0.173. The third kappa shape index (κ3) is 6.04. The molecule has 1 atom stereocenters. The highest BCUT2D eigenvalue weighted by molar-refractivity contribution is 7.12. The lowest BCUT2D eigenvalue weighted by molar-refractivity contribution is 0.00776. The maximum atomic E-state index is 13.2. The van der Waals surface area contributed by atoms with Crippen molar-refractivity contribution in [1.82, 2.24) is 24.0 Å². The number of likely N-dealkylation sites (tertiary alicyclic amines) is 1. The fourth-order valence-corrected chi connectivity index (χ4v) is 5.32. The maximum Gasteiger partial charge on any atom is 0.410 e. The third-order valence-corrected chi connectivity index (χ3v) is 7.35. The number of aromatic nitrogens is 4. The molecule has 0 saturated carbocycles. The summed E-state index contributed by atoms with van der Waals surface area (Å²) in [7, 11) is 3.18. The molecule has 0 spiro atoms. The second-order valence-electron chi connectivity index (χ2n) is 10.7. The van der Waals surface area contributed by atoms with Gasteiger partial charge in [0.1, 0.15) is 28.9 Å². The fraction of sp³-hybridized carbons (Fsp3) is 0.393. The summed E-state index contributed by atoms with van der Waals surface area (Å²) in [6, 6.07) is 7.04. The topological polar surface area (TPSA) is 130 Å². The summed E-state index contributed by atoms with van der Waals surface area (Å²) >= 11 is 1.12. The lowest BCUT2D eigenvalue weighted by Crippen LogP contribution is -2.46. The summed E-state index contributed by atoms with van der Waals surface area (Å²) in [5.41, 5.74) is 0.793. The van der Waals surface area contributed by atoms with Crippen LogP contribution in [0.2, 0.25) is 0 Å². The van der Waals surface area contributed by atoms with Gasteiger partial charge in [0.15, 0.2) is 10.8 Å². The maximum absolute atomic E-state index is 13.2. The number of anilines is 1. The number of hydrogen-bond donors (Lipinski definition) is 1. The minimum atomic E-state index is -0.575. The lowest BCUT2D eigenvalue weighted by Gasteiger charge is -2.34. The lowest BCUT2D eigenvalue weighted by atomic mass is 10.1. The van der Waals surface area contributed by atoms with Gasteiger partial charge in [-0.25, -0.2) is 19.1 Å². The molecule has 1 aliphatic heterocycles. The number of pyridine rings is 1. The van der Waals surface area contributed by atoms with Crippen molar-refractivity contribution in [2.24, 2.45) is 7.05 Å². The van der Waals surface area contributed by atoms with Crippen molar-refractivity contribution >= 4 is 40.1 Å². The zero-order valence-electron chi connectivity index (χ0n) is 23.5. The number of aryl methyl sites for hydroxylation is 1. The van der Waals surface area contributed by atoms with E-state index in [0.29, 0.717) is 47.1 Å². The number of rotatable bonds is 6. The molecule has 4 heterocycles. The molecular weight excluding hydrogens is 548 g/mol. The van der Waals surface area contributed by atoms with E-state index in [1.54, 1.807) is 41.7 Å². The summed E-state index contributed by atoms with van der Waals surface area (Å²) in [5.74, 6) is 0.899. The Morgan fingerprint density at radius 1 is 1.17 bits per heavy atom. The third-order valence-electron chi connectivity index (χ3n) is 6.52. The van der Waals surface area contributed by atoms with Crippen LogP contribution in [0.3, 0.4) is 0 Å². The SMILES string of the molecule is COc1ccncc1NC(=O)c1nc(-n2c(=O)n(C)c3ccc(O[C@H]4CCCN(C(=O)OC(C)(C)C)C4)cc32)cs1. The van der Waals surface area contributed by atoms with Crippen molar-refractivity contribution in [3.8, 4) is 17.3 Å². The number of nitrogens with one attached hydrogen (secondary N) is 1. The Balaban J connectivity index is 1.37. The minimum Gasteiger partial charge on any atom is -0.494 e. The van der Waals surface area contributed by atoms with Gasteiger partial charge in [0.2, 0.25) is 0 Å². The van der Waals surface area contributed by atoms with Crippen LogP contribution < -0.4 is 20.5 Å². The molecule has 1 saturated heterocycles. The summed E-state index contributed by atoms with van der Waals surface area (Å²) < 4.78 is 20.0. The van der Waals surface area contributed by atoms with Crippen molar-refractivity contribution in [2.75, 3.05) is 25.5 Å². The average molecular weight is 581 g/mol. The van der Waals surface area contributed by atoms with Crippen LogP contribution in [-0.2, 0) is 11.8 Å². The molecule has 0 unspecified atom stereocenters. The molecule has 1 N–H and O–H groups in total. The van der Waals surface area contributed by atoms with Crippen LogP contribution in [0.5, 0.6) is 11.5 Å². The predicted molar refractivity (Wildman–Crippen MR) is 154 cm³/mol. The van der Waals surface area contributed by atoms with E-state index in [1.165, 1.54) is 22.4 Å². The molecule has 3 aromatic heterocycles. The Morgan fingerprint density at radius 3 is 2.73 bits per heavy atom. The van der Waals surface area contributed by atoms with E-state index >= 15 is 0 Å². The first kappa shape index (κ1) is 28.1. The van der Waals surface area contributed by atoms with Gasteiger partial charge in [-0.1, -0.05) is 0 Å². The summed E-state index contributed by atoms with van der Waals surface area (Å²) in [6.45, 7) is 6.54. The molecule has 4 aromatic rings. The highest BCUT2D eigenvalue weighted by atomic mass is 32.1. The van der Waals surface area contributed by atoms with E-state index in [4.69, 9.17) is 14.2 Å². The largest absolute Gasteiger partial charge is 0.494 e. The van der Waals surface area contributed by atoms with Gasteiger partial charge < -0.3 is 24.4 Å². The number of nitrogens with zero attached hydrogens (tertiary/aromatic N) is 5. The standard InChI is InChI=1S/C28H32N6O6S/c1-28(2,3)40-27(37)33-12-6-7-18(15-33)39-17-8-9-20-21(13-17)34(26(36)32(20)4)23-16-41-25(31-23)24(35)30-19-14-29-11-10-22(19)38-5/h8-11,13-14,16,18H,6-7,12,15H2,1-5H3,(H,30,35)/t18-/m0/s1. The molecule has 41 heavy (non-hydrogen) atoms. The zero-order chi connectivity index (χ0) is 29.3. The first-order valence-corrected chi connectivity index (χ1v) is 14.0. The second kappa shape index (κ2) is 11.2. The molecule has 1 aromatic carbocycles. The number of piperidine rings is 1. The van der Waals surface area contributed by atoms with Gasteiger partial charge in [0.05, 0.1) is 30.9 Å². The van der Waals surface area contributed by atoms with Gasteiger partial charge in [-0.15, -0.1) is 11.3 Å². The van der Waals surface area contributed by atoms with Crippen LogP contribution in [0.1, 0.15) is 43.4 Å². The van der Waals surface area contributed by atoms with Crippen LogP contribution >= 0.6 is 11.3 Å². The smallest absolute Gasteiger partial charge is 0.410 e. The van der Waals surface area contributed by atoms with Gasteiger partial charge in [0, 0.05) is 37.3 Å². The van der Waals surface area contributed by atoms with E-state index in [1.807, 2.05) is 26.8 Å². The molecule has 5 rings (SSSR count). The molecule has 12 nitrogen and oxygen atoms in total. The normalized spacial score (nSPS) is 15.5. The van der Waals surface area contributed by atoms with E-state index in [2.05, 4.69) is 15.3 Å². The Hall–Kier alpha value is -4.39. The predicted octanol–water partition coefficient (Wildman–Crippen LogP) is 4.22. The number of ether oxygens (including phenoxy) is 3. The number of thiazole rings is 1. The van der Waals surface area contributed by atoms with Crippen LogP contribution in [0.4, 0.5) is 10.5 Å². The Kier molecular flexibility index (Phi) is 7.72. The highest BCUT2D eigenvalue weighted by Crippen LogP contribution is 2.27. The number of carbonyl (C=O) groups is 2. The van der Waals surface area contributed by atoms with Gasteiger partial charge in [-0.3, -0.25) is 14.3 Å². The molecular formula is C28H32N6O6S. The zero-order valence-corrected chi connectivity index (χ0v) is 24.4. The van der Waals surface area contributed by atoms with Crippen LogP contribution in [0.25, 0.3) is 16.9 Å². The molecule has 13 heteroatoms. The first-order chi connectivity index (χ1) is 19.5. The van der Waals surface area contributed by atoms with Crippen LogP contribution in [0.15, 0.2) is 46.8 Å². The summed E-state index contributed by atoms with van der Waals surface area (Å²) in [5, 5.41) is 4.58.